The molecule has 19 heavy (non-hydrogen) atoms. The first kappa shape index (κ1) is 14.5. The van der Waals surface area contributed by atoms with Crippen LogP contribution < -0.4 is 0 Å². The molecule has 0 fully saturated rings. The third kappa shape index (κ3) is 3.57. The summed E-state index contributed by atoms with van der Waals surface area (Å²) >= 11 is 8.17. The van der Waals surface area contributed by atoms with Crippen LogP contribution >= 0.6 is 34.2 Å². The molecule has 0 aliphatic rings. The summed E-state index contributed by atoms with van der Waals surface area (Å²) in [6, 6.07) is 7.55. The molecular weight excluding hydrogens is 375 g/mol. The summed E-state index contributed by atoms with van der Waals surface area (Å²) in [4.78, 5) is 12.1. The monoisotopic (exact) mass is 388 g/mol. The van der Waals surface area contributed by atoms with E-state index in [1.54, 1.807) is 12.1 Å². The van der Waals surface area contributed by atoms with Crippen LogP contribution in [0.5, 0.6) is 0 Å². The average molecular weight is 389 g/mol. The number of aromatic nitrogens is 2. The Morgan fingerprint density at radius 3 is 2.74 bits per heavy atom. The third-order valence-corrected chi connectivity index (χ3v) is 4.35. The first-order chi connectivity index (χ1) is 8.97. The fourth-order valence-corrected chi connectivity index (χ4v) is 2.21. The van der Waals surface area contributed by atoms with E-state index >= 15 is 0 Å². The standard InChI is InChI=1S/C14H14ClIN2O/c1-9(2)18-6-5-11(17-18)8-14(19)10-3-4-13(16)12(15)7-10/h3-7,9H,8H2,1-2H3. The topological polar surface area (TPSA) is 34.9 Å². The van der Waals surface area contributed by atoms with Crippen LogP contribution in [-0.4, -0.2) is 15.6 Å². The molecule has 0 bridgehead atoms. The summed E-state index contributed by atoms with van der Waals surface area (Å²) in [6.45, 7) is 4.11. The largest absolute Gasteiger partial charge is 0.294 e. The van der Waals surface area contributed by atoms with Gasteiger partial charge in [0.25, 0.3) is 0 Å². The Hall–Kier alpha value is -0.880. The van der Waals surface area contributed by atoms with Gasteiger partial charge in [-0.15, -0.1) is 0 Å². The molecule has 0 unspecified atom stereocenters. The van der Waals surface area contributed by atoms with Crippen LogP contribution in [0.4, 0.5) is 0 Å². The van der Waals surface area contributed by atoms with Crippen molar-refractivity contribution in [2.24, 2.45) is 0 Å². The lowest BCUT2D eigenvalue weighted by atomic mass is 10.1. The lowest BCUT2D eigenvalue weighted by molar-refractivity contribution is 0.0991. The normalized spacial score (nSPS) is 11.0. The molecule has 1 heterocycles. The van der Waals surface area contributed by atoms with Crippen molar-refractivity contribution in [2.45, 2.75) is 26.3 Å². The van der Waals surface area contributed by atoms with Gasteiger partial charge in [-0.2, -0.15) is 5.10 Å². The summed E-state index contributed by atoms with van der Waals surface area (Å²) in [7, 11) is 0. The van der Waals surface area contributed by atoms with Gasteiger partial charge in [0, 0.05) is 21.4 Å². The smallest absolute Gasteiger partial charge is 0.168 e. The number of carbonyl (C=O) groups excluding carboxylic acids is 1. The zero-order chi connectivity index (χ0) is 14.0. The highest BCUT2D eigenvalue weighted by Crippen LogP contribution is 2.20. The number of rotatable bonds is 4. The highest BCUT2D eigenvalue weighted by molar-refractivity contribution is 14.1. The minimum atomic E-state index is 0.0345. The molecule has 3 nitrogen and oxygen atoms in total. The molecule has 100 valence electrons. The Kier molecular flexibility index (Phi) is 4.62. The predicted octanol–water partition coefficient (Wildman–Crippen LogP) is 4.15. The third-order valence-electron chi connectivity index (χ3n) is 2.78. The summed E-state index contributed by atoms with van der Waals surface area (Å²) in [5, 5.41) is 4.99. The molecule has 0 N–H and O–H groups in total. The van der Waals surface area contributed by atoms with Crippen molar-refractivity contribution in [3.63, 3.8) is 0 Å². The lowest BCUT2D eigenvalue weighted by Crippen LogP contribution is -2.06. The summed E-state index contributed by atoms with van der Waals surface area (Å²) in [6.07, 6.45) is 2.20. The van der Waals surface area contributed by atoms with Gasteiger partial charge in [-0.25, -0.2) is 0 Å². The maximum atomic E-state index is 12.1. The summed E-state index contributed by atoms with van der Waals surface area (Å²) < 4.78 is 2.80. The number of nitrogens with zero attached hydrogens (tertiary/aromatic N) is 2. The van der Waals surface area contributed by atoms with Crippen LogP contribution in [0.2, 0.25) is 5.02 Å². The number of hydrogen-bond acceptors (Lipinski definition) is 2. The van der Waals surface area contributed by atoms with Gasteiger partial charge in [0.15, 0.2) is 5.78 Å². The second kappa shape index (κ2) is 6.05. The van der Waals surface area contributed by atoms with E-state index in [9.17, 15) is 4.79 Å². The van der Waals surface area contributed by atoms with Crippen molar-refractivity contribution in [3.05, 3.63) is 50.3 Å². The van der Waals surface area contributed by atoms with E-state index in [4.69, 9.17) is 11.6 Å². The van der Waals surface area contributed by atoms with Gasteiger partial charge in [-0.3, -0.25) is 9.48 Å². The van der Waals surface area contributed by atoms with E-state index in [1.165, 1.54) is 0 Å². The van der Waals surface area contributed by atoms with Crippen molar-refractivity contribution >= 4 is 40.0 Å². The van der Waals surface area contributed by atoms with Crippen LogP contribution in [0, 0.1) is 3.57 Å². The minimum Gasteiger partial charge on any atom is -0.294 e. The Morgan fingerprint density at radius 2 is 2.16 bits per heavy atom. The molecule has 0 aliphatic heterocycles. The van der Waals surface area contributed by atoms with E-state index in [0.29, 0.717) is 23.0 Å². The number of hydrogen-bond donors (Lipinski definition) is 0. The number of halogens is 2. The maximum absolute atomic E-state index is 12.1. The van der Waals surface area contributed by atoms with E-state index in [2.05, 4.69) is 41.5 Å². The van der Waals surface area contributed by atoms with E-state index in [1.807, 2.05) is 23.0 Å². The molecule has 5 heteroatoms. The molecular formula is C14H14ClIN2O. The molecule has 2 rings (SSSR count). The predicted molar refractivity (Wildman–Crippen MR) is 84.8 cm³/mol. The van der Waals surface area contributed by atoms with Gasteiger partial charge < -0.3 is 0 Å². The molecule has 2 aromatic rings. The fraction of sp³-hybridized carbons (Fsp3) is 0.286. The van der Waals surface area contributed by atoms with Crippen molar-refractivity contribution in [2.75, 3.05) is 0 Å². The van der Waals surface area contributed by atoms with Gasteiger partial charge in [-0.1, -0.05) is 17.7 Å². The average Bonchev–Trinajstić information content (AvgIpc) is 2.81. The molecule has 1 aromatic carbocycles. The molecule has 0 amide bonds. The minimum absolute atomic E-state index is 0.0345. The molecule has 0 atom stereocenters. The SMILES string of the molecule is CC(C)n1ccc(CC(=O)c2ccc(I)c(Cl)c2)n1. The quantitative estimate of drug-likeness (QED) is 0.583. The molecule has 0 aliphatic carbocycles. The van der Waals surface area contributed by atoms with Crippen LogP contribution in [0.3, 0.4) is 0 Å². The van der Waals surface area contributed by atoms with Gasteiger partial charge >= 0.3 is 0 Å². The van der Waals surface area contributed by atoms with E-state index < -0.39 is 0 Å². The summed E-state index contributed by atoms with van der Waals surface area (Å²) in [5.41, 5.74) is 1.41. The number of benzene rings is 1. The maximum Gasteiger partial charge on any atom is 0.168 e. The zero-order valence-corrected chi connectivity index (χ0v) is 13.6. The van der Waals surface area contributed by atoms with E-state index in [-0.39, 0.29) is 5.78 Å². The molecule has 1 aromatic heterocycles. The highest BCUT2D eigenvalue weighted by atomic mass is 127. The number of carbonyl (C=O) groups is 1. The van der Waals surface area contributed by atoms with Gasteiger partial charge in [0.05, 0.1) is 17.1 Å². The Balaban J connectivity index is 2.13. The lowest BCUT2D eigenvalue weighted by Gasteiger charge is -2.04. The number of ketones is 1. The highest BCUT2D eigenvalue weighted by Gasteiger charge is 2.11. The second-order valence-electron chi connectivity index (χ2n) is 4.61. The Morgan fingerprint density at radius 1 is 1.42 bits per heavy atom. The van der Waals surface area contributed by atoms with Gasteiger partial charge in [0.1, 0.15) is 0 Å². The van der Waals surface area contributed by atoms with Gasteiger partial charge in [-0.05, 0) is 54.6 Å². The first-order valence-corrected chi connectivity index (χ1v) is 7.45. The van der Waals surface area contributed by atoms with Crippen LogP contribution in [-0.2, 0) is 6.42 Å². The van der Waals surface area contributed by atoms with E-state index in [0.717, 1.165) is 9.26 Å². The molecule has 0 radical (unpaired) electrons. The Bertz CT molecular complexity index is 607. The zero-order valence-electron chi connectivity index (χ0n) is 10.7. The molecule has 0 spiro atoms. The van der Waals surface area contributed by atoms with Gasteiger partial charge in [0.2, 0.25) is 0 Å². The van der Waals surface area contributed by atoms with Crippen molar-refractivity contribution in [3.8, 4) is 0 Å². The second-order valence-corrected chi connectivity index (χ2v) is 6.18. The van der Waals surface area contributed by atoms with Crippen LogP contribution in [0.25, 0.3) is 0 Å². The van der Waals surface area contributed by atoms with Crippen LogP contribution in [0.15, 0.2) is 30.5 Å². The summed E-state index contributed by atoms with van der Waals surface area (Å²) in [5.74, 6) is 0.0345. The fourth-order valence-electron chi connectivity index (χ4n) is 1.70. The molecule has 0 saturated heterocycles. The first-order valence-electron chi connectivity index (χ1n) is 5.99. The number of Topliss-reactive ketones (excluding diaryl/α,β-unsaturated/α-hetero) is 1. The Labute approximate surface area is 131 Å². The van der Waals surface area contributed by atoms with Crippen molar-refractivity contribution < 1.29 is 4.79 Å². The molecule has 0 saturated carbocycles. The van der Waals surface area contributed by atoms with Crippen molar-refractivity contribution in [1.29, 1.82) is 0 Å². The van der Waals surface area contributed by atoms with Crippen molar-refractivity contribution in [1.82, 2.24) is 9.78 Å². The van der Waals surface area contributed by atoms with Crippen LogP contribution in [0.1, 0.15) is 35.9 Å².